The molecule has 52 valence electrons. The molecule has 1 heterocycles. The van der Waals surface area contributed by atoms with Gasteiger partial charge in [-0.15, -0.1) is 0 Å². The van der Waals surface area contributed by atoms with Crippen LogP contribution in [0.2, 0.25) is 0 Å². The van der Waals surface area contributed by atoms with E-state index >= 15 is 0 Å². The second kappa shape index (κ2) is 1.68. The van der Waals surface area contributed by atoms with Crippen LogP contribution in [0.4, 0.5) is 0 Å². The summed E-state index contributed by atoms with van der Waals surface area (Å²) in [6.45, 7) is 0. The van der Waals surface area contributed by atoms with Gasteiger partial charge in [0.05, 0.1) is 11.8 Å². The van der Waals surface area contributed by atoms with Gasteiger partial charge < -0.3 is 0 Å². The van der Waals surface area contributed by atoms with Crippen molar-refractivity contribution in [2.45, 2.75) is 12.8 Å². The summed E-state index contributed by atoms with van der Waals surface area (Å²) < 4.78 is 1.78. The molecule has 1 aromatic rings. The van der Waals surface area contributed by atoms with Crippen molar-refractivity contribution in [3.63, 3.8) is 0 Å². The largest absolute Gasteiger partial charge is 0.294 e. The highest BCUT2D eigenvalue weighted by molar-refractivity contribution is 5.99. The van der Waals surface area contributed by atoms with Crippen LogP contribution >= 0.6 is 0 Å². The second-order valence-electron chi connectivity index (χ2n) is 2.55. The normalized spacial score (nSPS) is 15.9. The molecule has 1 aliphatic carbocycles. The lowest BCUT2D eigenvalue weighted by atomic mass is 10.3. The van der Waals surface area contributed by atoms with E-state index in [4.69, 9.17) is 0 Å². The first-order chi connectivity index (χ1) is 4.79. The van der Waals surface area contributed by atoms with E-state index in [1.54, 1.807) is 10.9 Å². The Hall–Kier alpha value is -1.12. The molecule has 0 aromatic carbocycles. The number of rotatable bonds is 0. The van der Waals surface area contributed by atoms with E-state index in [2.05, 4.69) is 5.10 Å². The minimum absolute atomic E-state index is 0.239. The molecule has 10 heavy (non-hydrogen) atoms. The Morgan fingerprint density at radius 1 is 1.60 bits per heavy atom. The van der Waals surface area contributed by atoms with Gasteiger partial charge >= 0.3 is 0 Å². The molecular weight excluding hydrogens is 128 g/mol. The molecule has 0 amide bonds. The van der Waals surface area contributed by atoms with E-state index in [9.17, 15) is 4.79 Å². The summed E-state index contributed by atoms with van der Waals surface area (Å²) in [4.78, 5) is 11.0. The molecule has 2 rings (SSSR count). The third kappa shape index (κ3) is 0.546. The highest BCUT2D eigenvalue weighted by Gasteiger charge is 2.22. The molecule has 3 heteroatoms. The monoisotopic (exact) mass is 136 g/mol. The van der Waals surface area contributed by atoms with E-state index in [1.165, 1.54) is 0 Å². The predicted octanol–water partition coefficient (Wildman–Crippen LogP) is 0.549. The molecule has 0 fully saturated rings. The number of aromatic nitrogens is 2. The fourth-order valence-corrected chi connectivity index (χ4v) is 1.36. The van der Waals surface area contributed by atoms with Crippen molar-refractivity contribution in [2.75, 3.05) is 0 Å². The molecule has 1 aliphatic rings. The van der Waals surface area contributed by atoms with Crippen molar-refractivity contribution in [3.8, 4) is 0 Å². The summed E-state index contributed by atoms with van der Waals surface area (Å²) in [5.41, 5.74) is 1.91. The van der Waals surface area contributed by atoms with E-state index < -0.39 is 0 Å². The number of ketones is 1. The number of hydrogen-bond acceptors (Lipinski definition) is 2. The fourth-order valence-electron chi connectivity index (χ4n) is 1.36. The van der Waals surface area contributed by atoms with Crippen LogP contribution in [0.1, 0.15) is 22.5 Å². The average Bonchev–Trinajstić information content (AvgIpc) is 2.41. The van der Waals surface area contributed by atoms with Crippen LogP contribution in [-0.2, 0) is 13.5 Å². The highest BCUT2D eigenvalue weighted by atomic mass is 16.1. The number of carbonyl (C=O) groups is 1. The van der Waals surface area contributed by atoms with Crippen LogP contribution in [0.15, 0.2) is 6.20 Å². The number of aryl methyl sites for hydroxylation is 1. The number of carbonyl (C=O) groups excluding carboxylic acids is 1. The van der Waals surface area contributed by atoms with E-state index in [1.807, 2.05) is 7.05 Å². The summed E-state index contributed by atoms with van der Waals surface area (Å²) >= 11 is 0. The maximum atomic E-state index is 11.0. The quantitative estimate of drug-likeness (QED) is 0.522. The molecule has 0 spiro atoms. The van der Waals surface area contributed by atoms with Crippen LogP contribution in [0, 0.1) is 0 Å². The zero-order valence-electron chi connectivity index (χ0n) is 5.79. The van der Waals surface area contributed by atoms with Crippen molar-refractivity contribution in [3.05, 3.63) is 17.5 Å². The van der Waals surface area contributed by atoms with Crippen molar-refractivity contribution < 1.29 is 4.79 Å². The number of nitrogens with zero attached hydrogens (tertiary/aromatic N) is 2. The van der Waals surface area contributed by atoms with Gasteiger partial charge in [-0.2, -0.15) is 5.10 Å². The first-order valence-electron chi connectivity index (χ1n) is 3.33. The molecule has 0 radical (unpaired) electrons. The van der Waals surface area contributed by atoms with Crippen LogP contribution in [0.3, 0.4) is 0 Å². The van der Waals surface area contributed by atoms with Crippen LogP contribution in [0.25, 0.3) is 0 Å². The summed E-state index contributed by atoms with van der Waals surface area (Å²) in [6.07, 6.45) is 3.19. The van der Waals surface area contributed by atoms with Crippen molar-refractivity contribution in [1.29, 1.82) is 0 Å². The van der Waals surface area contributed by atoms with Crippen molar-refractivity contribution in [2.24, 2.45) is 7.05 Å². The van der Waals surface area contributed by atoms with E-state index in [0.29, 0.717) is 6.42 Å². The molecule has 0 bridgehead atoms. The summed E-state index contributed by atoms with van der Waals surface area (Å²) in [6, 6.07) is 0. The Morgan fingerprint density at radius 2 is 2.40 bits per heavy atom. The van der Waals surface area contributed by atoms with E-state index in [-0.39, 0.29) is 5.78 Å². The van der Waals surface area contributed by atoms with Crippen LogP contribution in [0.5, 0.6) is 0 Å². The number of hydrogen-bond donors (Lipinski definition) is 0. The molecule has 1 aromatic heterocycles. The van der Waals surface area contributed by atoms with Gasteiger partial charge in [-0.1, -0.05) is 0 Å². The van der Waals surface area contributed by atoms with Gasteiger partial charge in [-0.05, 0) is 6.42 Å². The standard InChI is InChI=1S/C7H8N2O/c1-9-6-2-3-7(10)5(6)4-8-9/h4H,2-3H2,1H3. The van der Waals surface area contributed by atoms with Crippen LogP contribution in [-0.4, -0.2) is 15.6 Å². The summed E-state index contributed by atoms with van der Waals surface area (Å²) in [7, 11) is 1.87. The molecule has 0 atom stereocenters. The summed E-state index contributed by atoms with van der Waals surface area (Å²) in [5.74, 6) is 0.239. The number of fused-ring (bicyclic) bond motifs is 1. The Labute approximate surface area is 58.7 Å². The minimum atomic E-state index is 0.239. The molecule has 0 saturated heterocycles. The molecule has 0 aliphatic heterocycles. The Morgan fingerprint density at radius 3 is 3.10 bits per heavy atom. The van der Waals surface area contributed by atoms with Crippen LogP contribution < -0.4 is 0 Å². The zero-order chi connectivity index (χ0) is 7.14. The topological polar surface area (TPSA) is 34.9 Å². The Balaban J connectivity index is 2.63. The molecule has 0 N–H and O–H groups in total. The molecule has 3 nitrogen and oxygen atoms in total. The SMILES string of the molecule is Cn1ncc2c1CCC2=O. The lowest BCUT2D eigenvalue weighted by Gasteiger charge is -1.91. The van der Waals surface area contributed by atoms with E-state index in [0.717, 1.165) is 17.7 Å². The molecular formula is C7H8N2O. The molecule has 0 saturated carbocycles. The first-order valence-corrected chi connectivity index (χ1v) is 3.33. The lowest BCUT2D eigenvalue weighted by molar-refractivity contribution is 0.0994. The van der Waals surface area contributed by atoms with Crippen molar-refractivity contribution in [1.82, 2.24) is 9.78 Å². The van der Waals surface area contributed by atoms with Gasteiger partial charge in [-0.25, -0.2) is 0 Å². The zero-order valence-corrected chi connectivity index (χ0v) is 5.79. The Kier molecular flexibility index (Phi) is 0.952. The Bertz CT molecular complexity index is 288. The summed E-state index contributed by atoms with van der Waals surface area (Å²) in [5, 5.41) is 3.98. The number of Topliss-reactive ketones (excluding diaryl/α,β-unsaturated/α-hetero) is 1. The average molecular weight is 136 g/mol. The van der Waals surface area contributed by atoms with Gasteiger partial charge in [-0.3, -0.25) is 9.48 Å². The van der Waals surface area contributed by atoms with Gasteiger partial charge in [0.2, 0.25) is 0 Å². The minimum Gasteiger partial charge on any atom is -0.294 e. The third-order valence-electron chi connectivity index (χ3n) is 1.95. The highest BCUT2D eigenvalue weighted by Crippen LogP contribution is 2.19. The molecule has 0 unspecified atom stereocenters. The first kappa shape index (κ1) is 5.65. The van der Waals surface area contributed by atoms with Gasteiger partial charge in [0, 0.05) is 19.2 Å². The van der Waals surface area contributed by atoms with Crippen molar-refractivity contribution >= 4 is 5.78 Å². The predicted molar refractivity (Wildman–Crippen MR) is 35.9 cm³/mol. The maximum Gasteiger partial charge on any atom is 0.166 e. The fraction of sp³-hybridized carbons (Fsp3) is 0.429. The lowest BCUT2D eigenvalue weighted by Crippen LogP contribution is -1.94. The maximum absolute atomic E-state index is 11.0. The van der Waals surface area contributed by atoms with Gasteiger partial charge in [0.1, 0.15) is 0 Å². The third-order valence-corrected chi connectivity index (χ3v) is 1.95. The smallest absolute Gasteiger partial charge is 0.166 e. The van der Waals surface area contributed by atoms with Gasteiger partial charge in [0.25, 0.3) is 0 Å². The van der Waals surface area contributed by atoms with Gasteiger partial charge in [0.15, 0.2) is 5.78 Å². The second-order valence-corrected chi connectivity index (χ2v) is 2.55.